The Hall–Kier alpha value is -1.26. The lowest BCUT2D eigenvalue weighted by molar-refractivity contribution is 0.0935. The van der Waals surface area contributed by atoms with E-state index in [1.165, 1.54) is 18.2 Å². The van der Waals surface area contributed by atoms with Gasteiger partial charge in [-0.1, -0.05) is 25.4 Å². The maximum atomic E-state index is 11.9. The highest BCUT2D eigenvalue weighted by Crippen LogP contribution is 2.22. The van der Waals surface area contributed by atoms with Gasteiger partial charge in [-0.05, 0) is 36.6 Å². The molecular formula is C13H19ClN2O2. The van der Waals surface area contributed by atoms with Crippen molar-refractivity contribution < 1.29 is 9.90 Å². The minimum Gasteiger partial charge on any atom is -0.508 e. The smallest absolute Gasteiger partial charge is 0.252 e. The van der Waals surface area contributed by atoms with E-state index >= 15 is 0 Å². The molecule has 1 aromatic carbocycles. The third-order valence-electron chi connectivity index (χ3n) is 2.74. The molecule has 0 bridgehead atoms. The molecule has 0 unspecified atom stereocenters. The number of phenolic OH excluding ortho intramolecular Hbond substituents is 1. The van der Waals surface area contributed by atoms with Gasteiger partial charge in [0.05, 0.1) is 10.6 Å². The molecule has 1 aromatic rings. The van der Waals surface area contributed by atoms with Crippen LogP contribution >= 0.6 is 11.6 Å². The number of carbonyl (C=O) groups is 1. The number of nitrogens with one attached hydrogen (secondary N) is 1. The molecule has 5 heteroatoms. The van der Waals surface area contributed by atoms with Gasteiger partial charge in [0.2, 0.25) is 0 Å². The van der Waals surface area contributed by atoms with E-state index in [4.69, 9.17) is 17.3 Å². The number of phenols is 1. The summed E-state index contributed by atoms with van der Waals surface area (Å²) in [6, 6.07) is 4.29. The molecule has 0 atom stereocenters. The molecule has 0 radical (unpaired) electrons. The van der Waals surface area contributed by atoms with E-state index in [1.54, 1.807) is 0 Å². The first kappa shape index (κ1) is 14.8. The van der Waals surface area contributed by atoms with E-state index in [-0.39, 0.29) is 22.6 Å². The number of amides is 1. The Morgan fingerprint density at radius 3 is 2.78 bits per heavy atom. The van der Waals surface area contributed by atoms with Gasteiger partial charge in [-0.3, -0.25) is 4.79 Å². The zero-order chi connectivity index (χ0) is 13.8. The van der Waals surface area contributed by atoms with Gasteiger partial charge in [0.1, 0.15) is 5.75 Å². The normalized spacial score (nSPS) is 11.3. The fourth-order valence-corrected chi connectivity index (χ4v) is 1.78. The van der Waals surface area contributed by atoms with Crippen LogP contribution in [0.15, 0.2) is 18.2 Å². The fourth-order valence-electron chi connectivity index (χ4n) is 1.58. The molecule has 0 spiro atoms. The molecule has 0 saturated heterocycles. The van der Waals surface area contributed by atoms with Gasteiger partial charge >= 0.3 is 0 Å². The SMILES string of the molecule is CC(C)(CCN)CNC(=O)c1cc(O)ccc1Cl. The topological polar surface area (TPSA) is 75.3 Å². The van der Waals surface area contributed by atoms with Crippen LogP contribution in [0.3, 0.4) is 0 Å². The Labute approximate surface area is 112 Å². The summed E-state index contributed by atoms with van der Waals surface area (Å²) in [5.41, 5.74) is 5.73. The van der Waals surface area contributed by atoms with Crippen LogP contribution in [0, 0.1) is 5.41 Å². The van der Waals surface area contributed by atoms with E-state index in [1.807, 2.05) is 13.8 Å². The summed E-state index contributed by atoms with van der Waals surface area (Å²) in [7, 11) is 0. The molecule has 0 saturated carbocycles. The van der Waals surface area contributed by atoms with Crippen molar-refractivity contribution in [1.82, 2.24) is 5.32 Å². The quantitative estimate of drug-likeness (QED) is 0.767. The molecule has 0 aromatic heterocycles. The molecule has 0 aliphatic rings. The van der Waals surface area contributed by atoms with Crippen molar-refractivity contribution in [3.05, 3.63) is 28.8 Å². The van der Waals surface area contributed by atoms with E-state index in [2.05, 4.69) is 5.32 Å². The molecule has 0 fully saturated rings. The number of benzene rings is 1. The molecule has 4 N–H and O–H groups in total. The van der Waals surface area contributed by atoms with Crippen LogP contribution in [0.25, 0.3) is 0 Å². The number of halogens is 1. The van der Waals surface area contributed by atoms with Crippen LogP contribution in [0.2, 0.25) is 5.02 Å². The summed E-state index contributed by atoms with van der Waals surface area (Å²) in [6.45, 7) is 5.15. The fraction of sp³-hybridized carbons (Fsp3) is 0.462. The lowest BCUT2D eigenvalue weighted by Gasteiger charge is -2.24. The Balaban J connectivity index is 2.69. The lowest BCUT2D eigenvalue weighted by atomic mass is 9.89. The second kappa shape index (κ2) is 6.07. The van der Waals surface area contributed by atoms with Crippen LogP contribution in [-0.4, -0.2) is 24.1 Å². The van der Waals surface area contributed by atoms with Crippen LogP contribution in [0.4, 0.5) is 0 Å². The van der Waals surface area contributed by atoms with Gasteiger partial charge in [0, 0.05) is 6.54 Å². The van der Waals surface area contributed by atoms with Crippen molar-refractivity contribution >= 4 is 17.5 Å². The van der Waals surface area contributed by atoms with E-state index in [9.17, 15) is 9.90 Å². The van der Waals surface area contributed by atoms with E-state index in [0.29, 0.717) is 18.1 Å². The predicted molar refractivity (Wildman–Crippen MR) is 72.9 cm³/mol. The Bertz CT molecular complexity index is 433. The first-order chi connectivity index (χ1) is 8.35. The maximum Gasteiger partial charge on any atom is 0.252 e. The summed E-state index contributed by atoms with van der Waals surface area (Å²) in [4.78, 5) is 11.9. The monoisotopic (exact) mass is 270 g/mol. The second-order valence-electron chi connectivity index (χ2n) is 5.05. The lowest BCUT2D eigenvalue weighted by Crippen LogP contribution is -2.35. The summed E-state index contributed by atoms with van der Waals surface area (Å²) in [5, 5.41) is 12.5. The first-order valence-corrected chi connectivity index (χ1v) is 6.20. The minimum atomic E-state index is -0.291. The third-order valence-corrected chi connectivity index (χ3v) is 3.07. The van der Waals surface area contributed by atoms with Crippen molar-refractivity contribution in [2.24, 2.45) is 11.1 Å². The van der Waals surface area contributed by atoms with E-state index < -0.39 is 0 Å². The summed E-state index contributed by atoms with van der Waals surface area (Å²) in [6.07, 6.45) is 0.820. The van der Waals surface area contributed by atoms with Gasteiger partial charge in [0.25, 0.3) is 5.91 Å². The molecule has 0 aliphatic carbocycles. The molecule has 18 heavy (non-hydrogen) atoms. The highest BCUT2D eigenvalue weighted by atomic mass is 35.5. The summed E-state index contributed by atoms with van der Waals surface area (Å²) >= 11 is 5.91. The highest BCUT2D eigenvalue weighted by molar-refractivity contribution is 6.33. The van der Waals surface area contributed by atoms with Crippen molar-refractivity contribution in [2.75, 3.05) is 13.1 Å². The van der Waals surface area contributed by atoms with Gasteiger partial charge in [-0.15, -0.1) is 0 Å². The number of hydrogen-bond acceptors (Lipinski definition) is 3. The highest BCUT2D eigenvalue weighted by Gasteiger charge is 2.19. The molecular weight excluding hydrogens is 252 g/mol. The number of carbonyl (C=O) groups excluding carboxylic acids is 1. The van der Waals surface area contributed by atoms with Crippen LogP contribution in [0.5, 0.6) is 5.75 Å². The number of nitrogens with two attached hydrogens (primary N) is 1. The Morgan fingerprint density at radius 2 is 2.17 bits per heavy atom. The standard InChI is InChI=1S/C13H19ClN2O2/c1-13(2,5-6-15)8-16-12(18)10-7-9(17)3-4-11(10)14/h3-4,7,17H,5-6,8,15H2,1-2H3,(H,16,18). The van der Waals surface area contributed by atoms with Gasteiger partial charge < -0.3 is 16.2 Å². The summed E-state index contributed by atoms with van der Waals surface area (Å²) in [5.74, 6) is -0.272. The zero-order valence-corrected chi connectivity index (χ0v) is 11.4. The molecule has 1 amide bonds. The van der Waals surface area contributed by atoms with Crippen molar-refractivity contribution in [3.63, 3.8) is 0 Å². The van der Waals surface area contributed by atoms with Gasteiger partial charge in [0.15, 0.2) is 0 Å². The largest absolute Gasteiger partial charge is 0.508 e. The Kier molecular flexibility index (Phi) is 4.99. The predicted octanol–water partition coefficient (Wildman–Crippen LogP) is 2.15. The molecule has 1 rings (SSSR count). The molecule has 100 valence electrons. The van der Waals surface area contributed by atoms with Gasteiger partial charge in [-0.25, -0.2) is 0 Å². The van der Waals surface area contributed by atoms with Crippen molar-refractivity contribution in [3.8, 4) is 5.75 Å². The molecule has 4 nitrogen and oxygen atoms in total. The molecule has 0 aliphatic heterocycles. The summed E-state index contributed by atoms with van der Waals surface area (Å²) < 4.78 is 0. The number of aromatic hydroxyl groups is 1. The number of hydrogen-bond donors (Lipinski definition) is 3. The number of rotatable bonds is 5. The molecule has 0 heterocycles. The maximum absolute atomic E-state index is 11.9. The van der Waals surface area contributed by atoms with Crippen molar-refractivity contribution in [2.45, 2.75) is 20.3 Å². The van der Waals surface area contributed by atoms with Crippen LogP contribution in [0.1, 0.15) is 30.6 Å². The average Bonchev–Trinajstić information content (AvgIpc) is 2.29. The average molecular weight is 271 g/mol. The minimum absolute atomic E-state index is 0.0192. The van der Waals surface area contributed by atoms with Gasteiger partial charge in [-0.2, -0.15) is 0 Å². The first-order valence-electron chi connectivity index (χ1n) is 5.82. The third kappa shape index (κ3) is 4.20. The Morgan fingerprint density at radius 1 is 1.50 bits per heavy atom. The van der Waals surface area contributed by atoms with Crippen LogP contribution < -0.4 is 11.1 Å². The van der Waals surface area contributed by atoms with Crippen LogP contribution in [-0.2, 0) is 0 Å². The second-order valence-corrected chi connectivity index (χ2v) is 5.46. The van der Waals surface area contributed by atoms with Crippen molar-refractivity contribution in [1.29, 1.82) is 0 Å². The zero-order valence-electron chi connectivity index (χ0n) is 10.7. The van der Waals surface area contributed by atoms with E-state index in [0.717, 1.165) is 6.42 Å².